The van der Waals surface area contributed by atoms with Gasteiger partial charge in [0, 0.05) is 19.2 Å². The van der Waals surface area contributed by atoms with Crippen LogP contribution in [-0.2, 0) is 0 Å². The maximum absolute atomic E-state index is 12.9. The Hall–Kier alpha value is -3.48. The van der Waals surface area contributed by atoms with E-state index in [-0.39, 0.29) is 22.4 Å². The highest BCUT2D eigenvalue weighted by molar-refractivity contribution is 5.98. The van der Waals surface area contributed by atoms with E-state index >= 15 is 0 Å². The van der Waals surface area contributed by atoms with Crippen molar-refractivity contribution >= 4 is 22.6 Å². The van der Waals surface area contributed by atoms with Crippen LogP contribution in [0.1, 0.15) is 27.7 Å². The normalized spacial score (nSPS) is 16.3. The predicted molar refractivity (Wildman–Crippen MR) is 89.5 cm³/mol. The molecule has 1 amide bonds. The summed E-state index contributed by atoms with van der Waals surface area (Å²) < 4.78 is 5.67. The summed E-state index contributed by atoms with van der Waals surface area (Å²) >= 11 is 0. The van der Waals surface area contributed by atoms with E-state index in [9.17, 15) is 19.7 Å². The number of para-hydroxylation sites is 1. The maximum Gasteiger partial charge on any atom is 0.290 e. The average molecular weight is 336 g/mol. The van der Waals surface area contributed by atoms with Gasteiger partial charge in [-0.2, -0.15) is 0 Å². The van der Waals surface area contributed by atoms with Gasteiger partial charge < -0.3 is 9.32 Å². The van der Waals surface area contributed by atoms with Gasteiger partial charge in [-0.25, -0.2) is 0 Å². The molecule has 1 unspecified atom stereocenters. The van der Waals surface area contributed by atoms with Gasteiger partial charge in [-0.05, 0) is 17.7 Å². The van der Waals surface area contributed by atoms with Gasteiger partial charge in [0.2, 0.25) is 5.76 Å². The van der Waals surface area contributed by atoms with Crippen LogP contribution in [0.2, 0.25) is 0 Å². The van der Waals surface area contributed by atoms with Gasteiger partial charge in [-0.15, -0.1) is 0 Å². The summed E-state index contributed by atoms with van der Waals surface area (Å²) in [5.41, 5.74) is 0.647. The van der Waals surface area contributed by atoms with E-state index in [1.54, 1.807) is 37.4 Å². The van der Waals surface area contributed by atoms with Crippen LogP contribution in [0, 0.1) is 10.1 Å². The van der Waals surface area contributed by atoms with Crippen molar-refractivity contribution < 1.29 is 14.1 Å². The summed E-state index contributed by atoms with van der Waals surface area (Å²) in [4.78, 5) is 37.4. The Kier molecular flexibility index (Phi) is 3.18. The number of carbonyl (C=O) groups excluding carboxylic acids is 1. The smallest absolute Gasteiger partial charge is 0.290 e. The topological polar surface area (TPSA) is 93.7 Å². The van der Waals surface area contributed by atoms with Crippen LogP contribution < -0.4 is 5.43 Å². The largest absolute Gasteiger partial charge is 0.450 e. The summed E-state index contributed by atoms with van der Waals surface area (Å²) in [6, 6.07) is 11.9. The number of nitro benzene ring substituents is 1. The third kappa shape index (κ3) is 2.13. The number of non-ortho nitro benzene ring substituents is 1. The molecule has 4 rings (SSSR count). The first-order valence-electron chi connectivity index (χ1n) is 7.56. The van der Waals surface area contributed by atoms with Crippen molar-refractivity contribution in [3.8, 4) is 0 Å². The molecule has 0 spiro atoms. The second-order valence-electron chi connectivity index (χ2n) is 5.84. The standard InChI is InChI=1S/C18H12N2O5/c1-19-15(10-5-4-6-11(9-10)20(23)24)14-16(21)12-7-2-3-8-13(12)25-17(14)18(19)22/h2-9,15H,1H3. The number of hydrogen-bond acceptors (Lipinski definition) is 5. The van der Waals surface area contributed by atoms with E-state index < -0.39 is 16.9 Å². The third-order valence-corrected chi connectivity index (χ3v) is 4.41. The fourth-order valence-corrected chi connectivity index (χ4v) is 3.23. The summed E-state index contributed by atoms with van der Waals surface area (Å²) in [7, 11) is 1.55. The first-order valence-corrected chi connectivity index (χ1v) is 7.56. The van der Waals surface area contributed by atoms with Crippen molar-refractivity contribution in [3.05, 3.63) is 85.8 Å². The first kappa shape index (κ1) is 15.1. The molecular formula is C18H12N2O5. The second kappa shape index (κ2) is 5.27. The van der Waals surface area contributed by atoms with Crippen molar-refractivity contribution in [3.63, 3.8) is 0 Å². The minimum Gasteiger partial charge on any atom is -0.450 e. The monoisotopic (exact) mass is 336 g/mol. The summed E-state index contributed by atoms with van der Waals surface area (Å²) in [5, 5.41) is 11.4. The molecule has 3 aromatic rings. The van der Waals surface area contributed by atoms with E-state index in [1.165, 1.54) is 23.1 Å². The predicted octanol–water partition coefficient (Wildman–Crippen LogP) is 2.88. The van der Waals surface area contributed by atoms with Crippen LogP contribution in [0.5, 0.6) is 0 Å². The molecule has 2 heterocycles. The molecular weight excluding hydrogens is 324 g/mol. The molecule has 1 aromatic heterocycles. The van der Waals surface area contributed by atoms with Crippen molar-refractivity contribution in [2.24, 2.45) is 0 Å². The molecule has 0 fully saturated rings. The van der Waals surface area contributed by atoms with E-state index in [1.807, 2.05) is 0 Å². The Morgan fingerprint density at radius 2 is 1.88 bits per heavy atom. The van der Waals surface area contributed by atoms with Gasteiger partial charge >= 0.3 is 0 Å². The van der Waals surface area contributed by atoms with Gasteiger partial charge in [-0.3, -0.25) is 19.7 Å². The number of nitro groups is 1. The highest BCUT2D eigenvalue weighted by atomic mass is 16.6. The summed E-state index contributed by atoms with van der Waals surface area (Å²) in [5.74, 6) is -0.433. The van der Waals surface area contributed by atoms with Crippen LogP contribution in [0.15, 0.2) is 57.7 Å². The third-order valence-electron chi connectivity index (χ3n) is 4.41. The minimum atomic E-state index is -0.719. The van der Waals surface area contributed by atoms with Crippen molar-refractivity contribution in [2.45, 2.75) is 6.04 Å². The molecule has 0 bridgehead atoms. The maximum atomic E-state index is 12.9. The van der Waals surface area contributed by atoms with Gasteiger partial charge in [0.05, 0.1) is 21.9 Å². The highest BCUT2D eigenvalue weighted by Gasteiger charge is 2.40. The van der Waals surface area contributed by atoms with E-state index in [0.29, 0.717) is 16.5 Å². The molecule has 2 aromatic carbocycles. The zero-order valence-corrected chi connectivity index (χ0v) is 13.1. The molecule has 25 heavy (non-hydrogen) atoms. The number of amides is 1. The van der Waals surface area contributed by atoms with E-state index in [0.717, 1.165) is 0 Å². The number of rotatable bonds is 2. The zero-order valence-electron chi connectivity index (χ0n) is 13.1. The molecule has 124 valence electrons. The van der Waals surface area contributed by atoms with Crippen LogP contribution in [-0.4, -0.2) is 22.8 Å². The number of nitrogens with zero attached hydrogens (tertiary/aromatic N) is 2. The quantitative estimate of drug-likeness (QED) is 0.530. The molecule has 0 saturated heterocycles. The van der Waals surface area contributed by atoms with Crippen molar-refractivity contribution in [1.82, 2.24) is 4.90 Å². The lowest BCUT2D eigenvalue weighted by Crippen LogP contribution is -2.25. The molecule has 1 atom stereocenters. The molecule has 7 heteroatoms. The van der Waals surface area contributed by atoms with Crippen molar-refractivity contribution in [1.29, 1.82) is 0 Å². The number of carbonyl (C=O) groups is 1. The van der Waals surface area contributed by atoms with E-state index in [2.05, 4.69) is 0 Å². The lowest BCUT2D eigenvalue weighted by molar-refractivity contribution is -0.384. The van der Waals surface area contributed by atoms with Gasteiger partial charge in [-0.1, -0.05) is 24.3 Å². The van der Waals surface area contributed by atoms with Gasteiger partial charge in [0.1, 0.15) is 5.58 Å². The molecule has 1 aliphatic heterocycles. The molecule has 0 saturated carbocycles. The van der Waals surface area contributed by atoms with Gasteiger partial charge in [0.15, 0.2) is 5.43 Å². The fraction of sp³-hybridized carbons (Fsp3) is 0.111. The number of fused-ring (bicyclic) bond motifs is 2. The Bertz CT molecular complexity index is 1100. The summed E-state index contributed by atoms with van der Waals surface area (Å²) in [6.07, 6.45) is 0. The fourth-order valence-electron chi connectivity index (χ4n) is 3.23. The Morgan fingerprint density at radius 1 is 1.12 bits per heavy atom. The molecule has 7 nitrogen and oxygen atoms in total. The molecule has 1 aliphatic rings. The lowest BCUT2D eigenvalue weighted by atomic mass is 9.98. The Balaban J connectivity index is 2.00. The number of hydrogen-bond donors (Lipinski definition) is 0. The number of benzene rings is 2. The van der Waals surface area contributed by atoms with Crippen LogP contribution in [0.4, 0.5) is 5.69 Å². The zero-order chi connectivity index (χ0) is 17.7. The van der Waals surface area contributed by atoms with E-state index in [4.69, 9.17) is 4.42 Å². The lowest BCUT2D eigenvalue weighted by Gasteiger charge is -2.20. The minimum absolute atomic E-state index is 0.0114. The summed E-state index contributed by atoms with van der Waals surface area (Å²) in [6.45, 7) is 0. The van der Waals surface area contributed by atoms with Gasteiger partial charge in [0.25, 0.3) is 11.6 Å². The SMILES string of the molecule is CN1C(=O)c2oc3ccccc3c(=O)c2C1c1cccc([N+](=O)[O-])c1. The molecule has 0 radical (unpaired) electrons. The molecule has 0 aliphatic carbocycles. The van der Waals surface area contributed by atoms with Crippen molar-refractivity contribution in [2.75, 3.05) is 7.05 Å². The van der Waals surface area contributed by atoms with Crippen LogP contribution in [0.25, 0.3) is 11.0 Å². The second-order valence-corrected chi connectivity index (χ2v) is 5.84. The highest BCUT2D eigenvalue weighted by Crippen LogP contribution is 2.37. The molecule has 0 N–H and O–H groups in total. The van der Waals surface area contributed by atoms with Crippen LogP contribution >= 0.6 is 0 Å². The average Bonchev–Trinajstić information content (AvgIpc) is 2.87. The Labute approximate surface area is 141 Å². The Morgan fingerprint density at radius 3 is 2.64 bits per heavy atom. The first-order chi connectivity index (χ1) is 12.0. The van der Waals surface area contributed by atoms with Crippen LogP contribution in [0.3, 0.4) is 0 Å².